The van der Waals surface area contributed by atoms with Gasteiger partial charge in [0.15, 0.2) is 6.61 Å². The molecule has 0 saturated heterocycles. The number of esters is 1. The number of hydrogen-bond acceptors (Lipinski definition) is 5. The lowest BCUT2D eigenvalue weighted by molar-refractivity contribution is -0.134. The zero-order valence-electron chi connectivity index (χ0n) is 16.9. The molecular formula is C24H24N2O4. The van der Waals surface area contributed by atoms with Crippen molar-refractivity contribution in [3.63, 3.8) is 0 Å². The van der Waals surface area contributed by atoms with Gasteiger partial charge in [-0.05, 0) is 42.3 Å². The van der Waals surface area contributed by atoms with Crippen LogP contribution in [0, 0.1) is 0 Å². The molecule has 0 aliphatic carbocycles. The molecule has 6 nitrogen and oxygen atoms in total. The Morgan fingerprint density at radius 3 is 2.27 bits per heavy atom. The van der Waals surface area contributed by atoms with Gasteiger partial charge in [0.25, 0.3) is 5.91 Å². The normalized spacial score (nSPS) is 10.3. The molecule has 1 aromatic heterocycles. The van der Waals surface area contributed by atoms with Crippen LogP contribution >= 0.6 is 0 Å². The maximum Gasteiger partial charge on any atom is 0.338 e. The zero-order chi connectivity index (χ0) is 21.2. The van der Waals surface area contributed by atoms with E-state index in [4.69, 9.17) is 9.47 Å². The first-order valence-electron chi connectivity index (χ1n) is 9.76. The monoisotopic (exact) mass is 404 g/mol. The summed E-state index contributed by atoms with van der Waals surface area (Å²) < 4.78 is 10.9. The van der Waals surface area contributed by atoms with Crippen molar-refractivity contribution in [1.82, 2.24) is 9.88 Å². The highest BCUT2D eigenvalue weighted by Crippen LogP contribution is 2.16. The van der Waals surface area contributed by atoms with Gasteiger partial charge in [-0.25, -0.2) is 4.79 Å². The van der Waals surface area contributed by atoms with Gasteiger partial charge in [0, 0.05) is 25.5 Å². The third-order valence-electron chi connectivity index (χ3n) is 4.52. The maximum absolute atomic E-state index is 12.5. The van der Waals surface area contributed by atoms with Gasteiger partial charge in [-0.1, -0.05) is 42.5 Å². The van der Waals surface area contributed by atoms with Crippen molar-refractivity contribution < 1.29 is 19.1 Å². The molecule has 2 aromatic carbocycles. The fourth-order valence-electron chi connectivity index (χ4n) is 2.82. The van der Waals surface area contributed by atoms with Crippen LogP contribution in [0.3, 0.4) is 0 Å². The van der Waals surface area contributed by atoms with Crippen LogP contribution in [0.2, 0.25) is 0 Å². The highest BCUT2D eigenvalue weighted by atomic mass is 16.5. The van der Waals surface area contributed by atoms with Crippen LogP contribution in [0.4, 0.5) is 0 Å². The van der Waals surface area contributed by atoms with Crippen LogP contribution < -0.4 is 4.74 Å². The minimum Gasteiger partial charge on any atom is -0.489 e. The number of nitrogens with zero attached hydrogens (tertiary/aromatic N) is 2. The van der Waals surface area contributed by atoms with E-state index in [1.165, 1.54) is 12.4 Å². The molecule has 3 aromatic rings. The average Bonchev–Trinajstić information content (AvgIpc) is 2.81. The molecule has 6 heteroatoms. The second-order valence-corrected chi connectivity index (χ2v) is 6.64. The predicted octanol–water partition coefficient (Wildman–Crippen LogP) is 3.87. The summed E-state index contributed by atoms with van der Waals surface area (Å²) >= 11 is 0. The average molecular weight is 404 g/mol. The van der Waals surface area contributed by atoms with Gasteiger partial charge in [0.05, 0.1) is 5.56 Å². The highest BCUT2D eigenvalue weighted by molar-refractivity contribution is 5.91. The summed E-state index contributed by atoms with van der Waals surface area (Å²) in [4.78, 5) is 29.9. The van der Waals surface area contributed by atoms with Gasteiger partial charge < -0.3 is 14.4 Å². The number of benzene rings is 2. The van der Waals surface area contributed by atoms with E-state index in [0.717, 1.165) is 16.9 Å². The second kappa shape index (κ2) is 10.8. The Morgan fingerprint density at radius 2 is 1.60 bits per heavy atom. The number of ether oxygens (including phenoxy) is 2. The van der Waals surface area contributed by atoms with Gasteiger partial charge in [0.1, 0.15) is 12.4 Å². The van der Waals surface area contributed by atoms with Gasteiger partial charge in [-0.2, -0.15) is 0 Å². The third-order valence-corrected chi connectivity index (χ3v) is 4.52. The van der Waals surface area contributed by atoms with Crippen LogP contribution in [-0.4, -0.2) is 34.9 Å². The Labute approximate surface area is 176 Å². The Kier molecular flexibility index (Phi) is 7.55. The van der Waals surface area contributed by atoms with Crippen LogP contribution in [0.5, 0.6) is 5.75 Å². The Balaban J connectivity index is 1.49. The Hall–Kier alpha value is -3.67. The number of pyridine rings is 1. The molecule has 0 aliphatic heterocycles. The number of amides is 1. The molecule has 0 unspecified atom stereocenters. The van der Waals surface area contributed by atoms with Crippen molar-refractivity contribution in [2.45, 2.75) is 20.1 Å². The first kappa shape index (κ1) is 21.0. The minimum atomic E-state index is -0.540. The van der Waals surface area contributed by atoms with Crippen molar-refractivity contribution in [2.75, 3.05) is 13.2 Å². The third kappa shape index (κ3) is 6.17. The van der Waals surface area contributed by atoms with Crippen LogP contribution in [-0.2, 0) is 22.7 Å². The molecule has 0 saturated carbocycles. The van der Waals surface area contributed by atoms with E-state index < -0.39 is 5.97 Å². The van der Waals surface area contributed by atoms with E-state index in [1.807, 2.05) is 61.5 Å². The molecular weight excluding hydrogens is 380 g/mol. The first-order valence-corrected chi connectivity index (χ1v) is 9.76. The van der Waals surface area contributed by atoms with Crippen molar-refractivity contribution >= 4 is 11.9 Å². The van der Waals surface area contributed by atoms with E-state index in [2.05, 4.69) is 4.98 Å². The lowest BCUT2D eigenvalue weighted by Gasteiger charge is -2.21. The Bertz CT molecular complexity index is 944. The van der Waals surface area contributed by atoms with Gasteiger partial charge in [0.2, 0.25) is 0 Å². The lowest BCUT2D eigenvalue weighted by Crippen LogP contribution is -2.34. The fraction of sp³-hybridized carbons (Fsp3) is 0.208. The van der Waals surface area contributed by atoms with Crippen molar-refractivity contribution in [2.24, 2.45) is 0 Å². The fourth-order valence-corrected chi connectivity index (χ4v) is 2.82. The van der Waals surface area contributed by atoms with Crippen molar-refractivity contribution in [3.8, 4) is 5.75 Å². The molecule has 0 bridgehead atoms. The Morgan fingerprint density at radius 1 is 0.900 bits per heavy atom. The summed E-state index contributed by atoms with van der Waals surface area (Å²) in [6.45, 7) is 3.04. The van der Waals surface area contributed by atoms with Crippen LogP contribution in [0.15, 0.2) is 79.1 Å². The largest absolute Gasteiger partial charge is 0.489 e. The summed E-state index contributed by atoms with van der Waals surface area (Å²) in [6.07, 6.45) is 3.01. The van der Waals surface area contributed by atoms with Gasteiger partial charge >= 0.3 is 5.97 Å². The number of rotatable bonds is 9. The zero-order valence-corrected chi connectivity index (χ0v) is 16.9. The van der Waals surface area contributed by atoms with Crippen LogP contribution in [0.25, 0.3) is 0 Å². The smallest absolute Gasteiger partial charge is 0.338 e. The summed E-state index contributed by atoms with van der Waals surface area (Å²) in [5.41, 5.74) is 2.44. The van der Waals surface area contributed by atoms with Crippen LogP contribution in [0.1, 0.15) is 28.4 Å². The summed E-state index contributed by atoms with van der Waals surface area (Å²) in [7, 11) is 0. The molecule has 0 radical (unpaired) electrons. The summed E-state index contributed by atoms with van der Waals surface area (Å²) in [5.74, 6) is -0.0192. The standard InChI is InChI=1S/C24H24N2O4/c1-2-26(23(27)18-30-24(28)21-12-14-25-15-13-21)16-19-8-10-22(11-9-19)29-17-20-6-4-3-5-7-20/h3-15H,2,16-18H2,1H3. The van der Waals surface area contributed by atoms with Crippen molar-refractivity contribution in [1.29, 1.82) is 0 Å². The number of aromatic nitrogens is 1. The van der Waals surface area contributed by atoms with E-state index in [0.29, 0.717) is 25.3 Å². The molecule has 0 fully saturated rings. The summed E-state index contributed by atoms with van der Waals surface area (Å²) in [5, 5.41) is 0. The number of likely N-dealkylation sites (N-methyl/N-ethyl adjacent to an activating group) is 1. The van der Waals surface area contributed by atoms with E-state index in [-0.39, 0.29) is 12.5 Å². The topological polar surface area (TPSA) is 68.7 Å². The quantitative estimate of drug-likeness (QED) is 0.507. The van der Waals surface area contributed by atoms with E-state index in [1.54, 1.807) is 17.0 Å². The highest BCUT2D eigenvalue weighted by Gasteiger charge is 2.15. The van der Waals surface area contributed by atoms with Crippen molar-refractivity contribution in [3.05, 3.63) is 95.8 Å². The summed E-state index contributed by atoms with van der Waals surface area (Å²) in [6, 6.07) is 20.7. The minimum absolute atomic E-state index is 0.246. The van der Waals surface area contributed by atoms with E-state index >= 15 is 0 Å². The molecule has 1 heterocycles. The lowest BCUT2D eigenvalue weighted by atomic mass is 10.2. The molecule has 30 heavy (non-hydrogen) atoms. The molecule has 0 N–H and O–H groups in total. The SMILES string of the molecule is CCN(Cc1ccc(OCc2ccccc2)cc1)C(=O)COC(=O)c1ccncc1. The molecule has 0 atom stereocenters. The van der Waals surface area contributed by atoms with E-state index in [9.17, 15) is 9.59 Å². The number of carbonyl (C=O) groups is 2. The predicted molar refractivity (Wildman–Crippen MR) is 113 cm³/mol. The molecule has 1 amide bonds. The number of carbonyl (C=O) groups excluding carboxylic acids is 2. The number of hydrogen-bond donors (Lipinski definition) is 0. The molecule has 154 valence electrons. The molecule has 0 spiro atoms. The second-order valence-electron chi connectivity index (χ2n) is 6.64. The maximum atomic E-state index is 12.5. The van der Waals surface area contributed by atoms with Gasteiger partial charge in [-0.15, -0.1) is 0 Å². The molecule has 0 aliphatic rings. The first-order chi connectivity index (χ1) is 14.7. The van der Waals surface area contributed by atoms with Gasteiger partial charge in [-0.3, -0.25) is 9.78 Å². The molecule has 3 rings (SSSR count).